The normalized spacial score (nSPS) is 27.3. The Hall–Kier alpha value is -2.30. The minimum Gasteiger partial charge on any atom is -0.351 e. The molecule has 4 heteroatoms. The number of anilines is 1. The topological polar surface area (TPSA) is 19.0 Å². The lowest BCUT2D eigenvalue weighted by atomic mass is 10.0. The average Bonchev–Trinajstić information content (AvgIpc) is 2.98. The fraction of sp³-hybridized carbons (Fsp3) is 0.364. The van der Waals surface area contributed by atoms with Crippen molar-refractivity contribution < 1.29 is 4.74 Å². The molecule has 3 aliphatic rings. The Labute approximate surface area is 155 Å². The van der Waals surface area contributed by atoms with E-state index < -0.39 is 0 Å². The van der Waals surface area contributed by atoms with Gasteiger partial charge in [0.15, 0.2) is 6.23 Å². The van der Waals surface area contributed by atoms with Crippen LogP contribution in [0.1, 0.15) is 28.5 Å². The molecule has 0 radical (unpaired) electrons. The Bertz CT molecular complexity index is 840. The molecule has 4 nitrogen and oxygen atoms in total. The Kier molecular flexibility index (Phi) is 3.59. The minimum absolute atomic E-state index is 0.0889. The van der Waals surface area contributed by atoms with E-state index in [2.05, 4.69) is 90.3 Å². The lowest BCUT2D eigenvalue weighted by molar-refractivity contribution is -0.319. The van der Waals surface area contributed by atoms with Gasteiger partial charge in [-0.25, -0.2) is 4.90 Å². The summed E-state index contributed by atoms with van der Waals surface area (Å²) in [7, 11) is 0. The molecular formula is C22H25N3O. The van der Waals surface area contributed by atoms with Crippen LogP contribution in [-0.4, -0.2) is 35.3 Å². The molecule has 0 spiro atoms. The van der Waals surface area contributed by atoms with Gasteiger partial charge in [0, 0.05) is 31.2 Å². The van der Waals surface area contributed by atoms with Crippen LogP contribution in [0.2, 0.25) is 0 Å². The predicted molar refractivity (Wildman–Crippen MR) is 104 cm³/mol. The summed E-state index contributed by atoms with van der Waals surface area (Å²) in [6.07, 6.45) is 4.84. The zero-order valence-electron chi connectivity index (χ0n) is 15.6. The predicted octanol–water partition coefficient (Wildman–Crippen LogP) is 3.90. The Morgan fingerprint density at radius 2 is 1.65 bits per heavy atom. The van der Waals surface area contributed by atoms with Crippen LogP contribution in [0, 0.1) is 20.8 Å². The molecule has 0 N–H and O–H groups in total. The molecule has 0 bridgehead atoms. The van der Waals surface area contributed by atoms with Crippen LogP contribution in [-0.2, 0) is 4.74 Å². The molecule has 2 aromatic carbocycles. The van der Waals surface area contributed by atoms with E-state index in [1.165, 1.54) is 27.9 Å². The molecule has 2 aromatic rings. The van der Waals surface area contributed by atoms with Gasteiger partial charge in [-0.2, -0.15) is 0 Å². The smallest absolute Gasteiger partial charge is 0.155 e. The molecular weight excluding hydrogens is 322 g/mol. The number of nitrogens with zero attached hydrogens (tertiary/aromatic N) is 3. The highest BCUT2D eigenvalue weighted by molar-refractivity contribution is 5.63. The summed E-state index contributed by atoms with van der Waals surface area (Å²) in [6.45, 7) is 8.65. The zero-order valence-corrected chi connectivity index (χ0v) is 15.6. The van der Waals surface area contributed by atoms with E-state index in [4.69, 9.17) is 4.74 Å². The monoisotopic (exact) mass is 347 g/mol. The van der Waals surface area contributed by atoms with Gasteiger partial charge in [0.25, 0.3) is 0 Å². The quantitative estimate of drug-likeness (QED) is 0.820. The molecule has 3 heterocycles. The van der Waals surface area contributed by atoms with Gasteiger partial charge >= 0.3 is 0 Å². The first-order valence-corrected chi connectivity index (χ1v) is 9.40. The molecule has 2 fully saturated rings. The van der Waals surface area contributed by atoms with Crippen molar-refractivity contribution in [1.29, 1.82) is 0 Å². The summed E-state index contributed by atoms with van der Waals surface area (Å²) < 4.78 is 6.40. The van der Waals surface area contributed by atoms with Gasteiger partial charge < -0.3 is 14.5 Å². The van der Waals surface area contributed by atoms with Crippen molar-refractivity contribution in [2.45, 2.75) is 39.4 Å². The van der Waals surface area contributed by atoms with Crippen molar-refractivity contribution in [2.75, 3.05) is 18.0 Å². The Balaban J connectivity index is 1.45. The number of hydrogen-bond donors (Lipinski definition) is 0. The van der Waals surface area contributed by atoms with Crippen LogP contribution in [0.5, 0.6) is 0 Å². The maximum Gasteiger partial charge on any atom is 0.155 e. The molecule has 3 unspecified atom stereocenters. The van der Waals surface area contributed by atoms with E-state index in [1.807, 2.05) is 0 Å². The highest BCUT2D eigenvalue weighted by Crippen LogP contribution is 2.44. The molecule has 0 aromatic heterocycles. The minimum atomic E-state index is 0.0889. The molecule has 5 rings (SSSR count). The van der Waals surface area contributed by atoms with E-state index in [-0.39, 0.29) is 18.6 Å². The van der Waals surface area contributed by atoms with Crippen LogP contribution in [0.15, 0.2) is 54.9 Å². The van der Waals surface area contributed by atoms with E-state index in [0.29, 0.717) is 0 Å². The maximum absolute atomic E-state index is 6.40. The number of hydrogen-bond acceptors (Lipinski definition) is 4. The highest BCUT2D eigenvalue weighted by Gasteiger charge is 2.52. The first-order valence-electron chi connectivity index (χ1n) is 9.40. The maximum atomic E-state index is 6.40. The van der Waals surface area contributed by atoms with Crippen LogP contribution in [0.4, 0.5) is 5.69 Å². The molecule has 3 aliphatic heterocycles. The van der Waals surface area contributed by atoms with Crippen molar-refractivity contribution in [1.82, 2.24) is 9.80 Å². The number of aryl methyl sites for hydroxylation is 3. The fourth-order valence-corrected chi connectivity index (χ4v) is 4.75. The molecule has 26 heavy (non-hydrogen) atoms. The van der Waals surface area contributed by atoms with Crippen LogP contribution in [0.3, 0.4) is 0 Å². The number of piperazine rings is 1. The second-order valence-corrected chi connectivity index (χ2v) is 7.63. The van der Waals surface area contributed by atoms with Crippen molar-refractivity contribution in [3.05, 3.63) is 77.1 Å². The number of benzene rings is 2. The van der Waals surface area contributed by atoms with Gasteiger partial charge in [0.1, 0.15) is 12.4 Å². The second-order valence-electron chi connectivity index (χ2n) is 7.63. The summed E-state index contributed by atoms with van der Waals surface area (Å²) in [5.74, 6) is 0. The standard InChI is InChI=1S/C22H25N3O/c1-15-13-16(2)19(17(3)14-15)24-11-9-23-10-12-25-21(26-22(25)20(23)24)18-7-5-4-6-8-18/h4-9,11,13-14,20-22H,10,12H2,1-3H3. The summed E-state index contributed by atoms with van der Waals surface area (Å²) in [4.78, 5) is 7.32. The van der Waals surface area contributed by atoms with E-state index >= 15 is 0 Å². The number of fused-ring (bicyclic) bond motifs is 3. The summed E-state index contributed by atoms with van der Waals surface area (Å²) in [5, 5.41) is 0. The van der Waals surface area contributed by atoms with Crippen molar-refractivity contribution in [3.63, 3.8) is 0 Å². The van der Waals surface area contributed by atoms with Crippen molar-refractivity contribution in [2.24, 2.45) is 0 Å². The molecule has 134 valence electrons. The molecule has 2 saturated heterocycles. The zero-order chi connectivity index (χ0) is 17.8. The Morgan fingerprint density at radius 1 is 0.923 bits per heavy atom. The fourth-order valence-electron chi connectivity index (χ4n) is 4.75. The van der Waals surface area contributed by atoms with E-state index in [0.717, 1.165) is 13.1 Å². The first-order chi connectivity index (χ1) is 12.6. The SMILES string of the molecule is Cc1cc(C)c(N2C=CN3CCN4C(c5ccccc5)OC4C32)c(C)c1. The van der Waals surface area contributed by atoms with Crippen LogP contribution < -0.4 is 4.90 Å². The van der Waals surface area contributed by atoms with E-state index in [9.17, 15) is 0 Å². The number of rotatable bonds is 2. The third-order valence-electron chi connectivity index (χ3n) is 5.79. The molecule has 0 saturated carbocycles. The largest absolute Gasteiger partial charge is 0.351 e. The first kappa shape index (κ1) is 15.9. The van der Waals surface area contributed by atoms with Gasteiger partial charge in [-0.15, -0.1) is 0 Å². The lowest BCUT2D eigenvalue weighted by Gasteiger charge is -2.57. The third-order valence-corrected chi connectivity index (χ3v) is 5.79. The summed E-state index contributed by atoms with van der Waals surface area (Å²) >= 11 is 0. The third kappa shape index (κ3) is 2.29. The highest BCUT2D eigenvalue weighted by atomic mass is 16.6. The van der Waals surface area contributed by atoms with Gasteiger partial charge in [0.05, 0.1) is 0 Å². The van der Waals surface area contributed by atoms with Gasteiger partial charge in [-0.05, 0) is 37.5 Å². The summed E-state index contributed by atoms with van der Waals surface area (Å²) in [6, 6.07) is 15.1. The molecule has 0 amide bonds. The second kappa shape index (κ2) is 5.86. The van der Waals surface area contributed by atoms with Crippen LogP contribution >= 0.6 is 0 Å². The van der Waals surface area contributed by atoms with Crippen LogP contribution in [0.25, 0.3) is 0 Å². The summed E-state index contributed by atoms with van der Waals surface area (Å²) in [5.41, 5.74) is 6.53. The van der Waals surface area contributed by atoms with Gasteiger partial charge in [-0.1, -0.05) is 48.0 Å². The molecule has 0 aliphatic carbocycles. The van der Waals surface area contributed by atoms with Gasteiger partial charge in [-0.3, -0.25) is 0 Å². The van der Waals surface area contributed by atoms with Crippen molar-refractivity contribution >= 4 is 5.69 Å². The lowest BCUT2D eigenvalue weighted by Crippen LogP contribution is -2.69. The van der Waals surface area contributed by atoms with Gasteiger partial charge in [0.2, 0.25) is 0 Å². The van der Waals surface area contributed by atoms with Crippen molar-refractivity contribution in [3.8, 4) is 0 Å². The number of ether oxygens (including phenoxy) is 1. The molecule has 3 atom stereocenters. The Morgan fingerprint density at radius 3 is 2.38 bits per heavy atom. The van der Waals surface area contributed by atoms with E-state index in [1.54, 1.807) is 0 Å². The average molecular weight is 347 g/mol.